The fraction of sp³-hybridized carbons (Fsp3) is 0.533. The van der Waals surface area contributed by atoms with Crippen LogP contribution in [0.25, 0.3) is 0 Å². The fourth-order valence-corrected chi connectivity index (χ4v) is 5.27. The summed E-state index contributed by atoms with van der Waals surface area (Å²) in [5, 5.41) is 2.56. The number of rotatable bonds is 4. The zero-order valence-corrected chi connectivity index (χ0v) is 24.6. The fourth-order valence-electron chi connectivity index (χ4n) is 5.27. The molecule has 0 fully saturated rings. The lowest BCUT2D eigenvalue weighted by molar-refractivity contribution is -0.120. The first-order valence-electron chi connectivity index (χ1n) is 13.3. The van der Waals surface area contributed by atoms with E-state index < -0.39 is 48.0 Å². The van der Waals surface area contributed by atoms with Crippen molar-refractivity contribution in [3.8, 4) is 0 Å². The highest BCUT2D eigenvalue weighted by Gasteiger charge is 2.36. The third-order valence-corrected chi connectivity index (χ3v) is 7.29. The first-order valence-corrected chi connectivity index (χ1v) is 13.3. The van der Waals surface area contributed by atoms with Crippen molar-refractivity contribution >= 4 is 23.6 Å². The van der Waals surface area contributed by atoms with Gasteiger partial charge in [0.25, 0.3) is 5.91 Å². The first kappa shape index (κ1) is 32.9. The summed E-state index contributed by atoms with van der Waals surface area (Å²) in [7, 11) is 4.64. The van der Waals surface area contributed by atoms with E-state index in [2.05, 4.69) is 5.32 Å². The summed E-state index contributed by atoms with van der Waals surface area (Å²) < 4.78 is 22.9. The van der Waals surface area contributed by atoms with Crippen molar-refractivity contribution in [3.05, 3.63) is 58.9 Å². The van der Waals surface area contributed by atoms with Crippen LogP contribution in [0.2, 0.25) is 0 Å². The topological polar surface area (TPSA) is 143 Å². The van der Waals surface area contributed by atoms with Crippen molar-refractivity contribution < 1.29 is 38.1 Å². The van der Waals surface area contributed by atoms with Gasteiger partial charge in [0, 0.05) is 50.4 Å². The van der Waals surface area contributed by atoms with Gasteiger partial charge in [0.1, 0.15) is 6.10 Å². The van der Waals surface area contributed by atoms with Gasteiger partial charge in [0.2, 0.25) is 5.78 Å². The number of nitrogens with one attached hydrogen (secondary N) is 1. The minimum Gasteiger partial charge on any atom is -0.441 e. The Labute approximate surface area is 236 Å². The van der Waals surface area contributed by atoms with E-state index in [0.717, 1.165) is 11.6 Å². The Morgan fingerprint density at radius 1 is 0.950 bits per heavy atom. The molecule has 0 aromatic heterocycles. The summed E-state index contributed by atoms with van der Waals surface area (Å²) in [6, 6.07) is 0. The largest absolute Gasteiger partial charge is 0.441 e. The molecule has 1 aliphatic heterocycles. The summed E-state index contributed by atoms with van der Waals surface area (Å²) in [4.78, 5) is 50.5. The number of allylic oxidation sites excluding steroid dienone is 5. The van der Waals surface area contributed by atoms with E-state index in [1.807, 2.05) is 33.8 Å². The van der Waals surface area contributed by atoms with E-state index >= 15 is 0 Å². The third-order valence-electron chi connectivity index (χ3n) is 7.29. The summed E-state index contributed by atoms with van der Waals surface area (Å²) in [5.74, 6) is -2.19. The molecule has 0 unspecified atom stereocenters. The van der Waals surface area contributed by atoms with E-state index in [4.69, 9.17) is 24.7 Å². The molecule has 7 atom stereocenters. The lowest BCUT2D eigenvalue weighted by Gasteiger charge is -2.34. The number of ketones is 2. The summed E-state index contributed by atoms with van der Waals surface area (Å²) >= 11 is 0. The number of amides is 2. The Morgan fingerprint density at radius 2 is 1.62 bits per heavy atom. The molecular formula is C30H42N2O8. The Balaban J connectivity index is 2.62. The molecule has 2 aliphatic rings. The van der Waals surface area contributed by atoms with Crippen LogP contribution >= 0.6 is 0 Å². The van der Waals surface area contributed by atoms with E-state index in [0.29, 0.717) is 12.0 Å². The van der Waals surface area contributed by atoms with Crippen LogP contribution in [0.5, 0.6) is 0 Å². The summed E-state index contributed by atoms with van der Waals surface area (Å²) in [6.07, 6.45) is 6.65. The van der Waals surface area contributed by atoms with Crippen LogP contribution in [-0.4, -0.2) is 69.3 Å². The van der Waals surface area contributed by atoms with Crippen molar-refractivity contribution in [3.63, 3.8) is 0 Å². The van der Waals surface area contributed by atoms with Crippen LogP contribution in [0.3, 0.4) is 0 Å². The van der Waals surface area contributed by atoms with Crippen LogP contribution in [0, 0.1) is 17.8 Å². The van der Waals surface area contributed by atoms with Gasteiger partial charge in [0.15, 0.2) is 5.78 Å². The molecule has 220 valence electrons. The van der Waals surface area contributed by atoms with Crippen molar-refractivity contribution in [2.45, 2.75) is 65.5 Å². The van der Waals surface area contributed by atoms with E-state index in [-0.39, 0.29) is 29.0 Å². The highest BCUT2D eigenvalue weighted by atomic mass is 16.6. The molecule has 10 heteroatoms. The molecule has 3 N–H and O–H groups in total. The second kappa shape index (κ2) is 14.9. The summed E-state index contributed by atoms with van der Waals surface area (Å²) in [5.41, 5.74) is 6.49. The van der Waals surface area contributed by atoms with Gasteiger partial charge in [-0.2, -0.15) is 0 Å². The zero-order valence-electron chi connectivity index (χ0n) is 24.6. The van der Waals surface area contributed by atoms with Crippen LogP contribution in [-0.2, 0) is 33.3 Å². The molecule has 0 saturated carbocycles. The van der Waals surface area contributed by atoms with Gasteiger partial charge in [0.05, 0.1) is 24.0 Å². The molecule has 1 heterocycles. The molecule has 40 heavy (non-hydrogen) atoms. The van der Waals surface area contributed by atoms with Gasteiger partial charge >= 0.3 is 6.09 Å². The smallest absolute Gasteiger partial charge is 0.405 e. The van der Waals surface area contributed by atoms with Crippen molar-refractivity contribution in [1.82, 2.24) is 5.32 Å². The quantitative estimate of drug-likeness (QED) is 0.395. The number of hydrogen-bond acceptors (Lipinski definition) is 8. The molecule has 2 amide bonds. The lowest BCUT2D eigenvalue weighted by atomic mass is 9.83. The molecule has 0 aromatic carbocycles. The Bertz CT molecular complexity index is 1130. The van der Waals surface area contributed by atoms with Crippen molar-refractivity contribution in [1.29, 1.82) is 0 Å². The van der Waals surface area contributed by atoms with Gasteiger partial charge < -0.3 is 30.0 Å². The minimum absolute atomic E-state index is 0.119. The molecule has 2 bridgehead atoms. The van der Waals surface area contributed by atoms with Gasteiger partial charge in [-0.3, -0.25) is 14.4 Å². The van der Waals surface area contributed by atoms with Crippen molar-refractivity contribution in [2.24, 2.45) is 23.5 Å². The maximum absolute atomic E-state index is 13.4. The predicted molar refractivity (Wildman–Crippen MR) is 150 cm³/mol. The number of nitrogens with two attached hydrogens (primary N) is 1. The number of fused-ring (bicyclic) bond motifs is 2. The summed E-state index contributed by atoms with van der Waals surface area (Å²) in [6.45, 7) is 9.17. The third kappa shape index (κ3) is 8.33. The van der Waals surface area contributed by atoms with Crippen LogP contribution in [0.4, 0.5) is 4.79 Å². The van der Waals surface area contributed by atoms with Gasteiger partial charge in [-0.15, -0.1) is 0 Å². The van der Waals surface area contributed by atoms with E-state index in [1.165, 1.54) is 13.2 Å². The number of carbonyl (C=O) groups excluding carboxylic acids is 4. The number of primary amides is 1. The van der Waals surface area contributed by atoms with Crippen LogP contribution < -0.4 is 11.1 Å². The number of carbonyl (C=O) groups is 4. The van der Waals surface area contributed by atoms with Crippen LogP contribution in [0.15, 0.2) is 58.9 Å². The predicted octanol–water partition coefficient (Wildman–Crippen LogP) is 3.33. The van der Waals surface area contributed by atoms with E-state index in [9.17, 15) is 19.2 Å². The monoisotopic (exact) mass is 558 g/mol. The minimum atomic E-state index is -0.902. The standard InChI is InChI=1S/C30H42N2O8/c1-16-10-9-11-17(2)29(35)32-23-15-21(33)14-22(25(23)34)27(38-7)20(5)13-24(37-6)28(39-8)19(4)12-18(3)26(16)40-30(31)36/h9-12,14-16,19-20,24,26-28H,13H2,1-8H3,(H2,31,36)(H,32,35)/b10-9+,17-11-,18-12+/t16-,19+,20-,24+,26-,27+,28-/m0/s1. The van der Waals surface area contributed by atoms with Crippen LogP contribution in [0.1, 0.15) is 41.0 Å². The average molecular weight is 559 g/mol. The first-order chi connectivity index (χ1) is 18.8. The van der Waals surface area contributed by atoms with Gasteiger partial charge in [-0.05, 0) is 37.8 Å². The number of hydrogen-bond donors (Lipinski definition) is 2. The normalized spacial score (nSPS) is 34.4. The van der Waals surface area contributed by atoms with Gasteiger partial charge in [-0.1, -0.05) is 45.1 Å². The Morgan fingerprint density at radius 3 is 2.20 bits per heavy atom. The molecule has 1 aliphatic carbocycles. The van der Waals surface area contributed by atoms with Gasteiger partial charge in [-0.25, -0.2) is 4.79 Å². The molecule has 10 nitrogen and oxygen atoms in total. The number of Topliss-reactive ketones (excluding diaryl/α,β-unsaturated/α-hetero) is 1. The maximum Gasteiger partial charge on any atom is 0.405 e. The Hall–Kier alpha value is -3.34. The molecule has 0 spiro atoms. The Kier molecular flexibility index (Phi) is 12.2. The number of ether oxygens (including phenoxy) is 4. The molecule has 0 radical (unpaired) electrons. The molecule has 0 saturated heterocycles. The lowest BCUT2D eigenvalue weighted by Crippen LogP contribution is -2.40. The SMILES string of the molecule is CO[C@H]1[C@H](C)/C=C(\C)[C@@H](OC(N)=O)[C@@H](C)/C=C/C=C(/C)C(=O)NC2=CC(=O)C=C(C2=O)[C@H](OC)[C@@H](C)C[C@H]1OC. The highest BCUT2D eigenvalue weighted by molar-refractivity contribution is 6.22. The maximum atomic E-state index is 13.4. The molecular weight excluding hydrogens is 516 g/mol. The van der Waals surface area contributed by atoms with E-state index in [1.54, 1.807) is 39.4 Å². The second-order valence-corrected chi connectivity index (χ2v) is 10.4. The average Bonchev–Trinajstić information content (AvgIpc) is 2.88. The zero-order chi connectivity index (χ0) is 30.1. The highest BCUT2D eigenvalue weighted by Crippen LogP contribution is 2.30. The molecule has 0 aromatic rings. The number of methoxy groups -OCH3 is 3. The molecule has 2 rings (SSSR count). The second-order valence-electron chi connectivity index (χ2n) is 10.4. The van der Waals surface area contributed by atoms with Crippen molar-refractivity contribution in [2.75, 3.05) is 21.3 Å².